The summed E-state index contributed by atoms with van der Waals surface area (Å²) in [6.07, 6.45) is 8.96. The molecule has 0 N–H and O–H groups in total. The average Bonchev–Trinajstić information content (AvgIpc) is 3.45. The van der Waals surface area contributed by atoms with Crippen LogP contribution in [-0.2, 0) is 12.8 Å². The Labute approximate surface area is 160 Å². The van der Waals surface area contributed by atoms with E-state index in [1.54, 1.807) is 0 Å². The van der Waals surface area contributed by atoms with Gasteiger partial charge in [-0.15, -0.1) is 0 Å². The van der Waals surface area contributed by atoms with Crippen LogP contribution in [0.4, 0.5) is 0 Å². The molecular formula is C22H26N4O. The summed E-state index contributed by atoms with van der Waals surface area (Å²) >= 11 is 0. The van der Waals surface area contributed by atoms with Crippen molar-refractivity contribution in [3.63, 3.8) is 0 Å². The number of rotatable bonds is 6. The van der Waals surface area contributed by atoms with Crippen molar-refractivity contribution in [2.45, 2.75) is 38.5 Å². The van der Waals surface area contributed by atoms with E-state index < -0.39 is 0 Å². The number of hydrogen-bond donors (Lipinski definition) is 0. The van der Waals surface area contributed by atoms with Crippen molar-refractivity contribution in [1.29, 1.82) is 0 Å². The Morgan fingerprint density at radius 3 is 2.67 bits per heavy atom. The van der Waals surface area contributed by atoms with Gasteiger partial charge in [0.25, 0.3) is 0 Å². The molecule has 0 spiro atoms. The third kappa shape index (κ3) is 3.32. The molecule has 0 unspecified atom stereocenters. The predicted octanol–water partition coefficient (Wildman–Crippen LogP) is 3.75. The lowest BCUT2D eigenvalue weighted by Crippen LogP contribution is -2.21. The first-order valence-corrected chi connectivity index (χ1v) is 10.2. The molecule has 0 radical (unpaired) electrons. The highest BCUT2D eigenvalue weighted by atomic mass is 16.5. The fourth-order valence-electron chi connectivity index (χ4n) is 4.42. The van der Waals surface area contributed by atoms with Crippen LogP contribution in [0.5, 0.6) is 5.75 Å². The number of benzene rings is 1. The van der Waals surface area contributed by atoms with Crippen LogP contribution in [0.25, 0.3) is 16.9 Å². The molecule has 0 atom stereocenters. The molecule has 0 amide bonds. The van der Waals surface area contributed by atoms with Crippen molar-refractivity contribution in [2.75, 3.05) is 26.2 Å². The predicted molar refractivity (Wildman–Crippen MR) is 106 cm³/mol. The summed E-state index contributed by atoms with van der Waals surface area (Å²) in [4.78, 5) is 7.31. The van der Waals surface area contributed by atoms with Crippen LogP contribution in [0.1, 0.15) is 36.9 Å². The second-order valence-corrected chi connectivity index (χ2v) is 7.62. The molecule has 2 aliphatic rings. The lowest BCUT2D eigenvalue weighted by atomic mass is 10.0. The van der Waals surface area contributed by atoms with Crippen LogP contribution in [0.15, 0.2) is 36.5 Å². The zero-order valence-corrected chi connectivity index (χ0v) is 15.7. The number of hydrogen-bond acceptors (Lipinski definition) is 4. The summed E-state index contributed by atoms with van der Waals surface area (Å²) in [5.74, 6) is 0.947. The van der Waals surface area contributed by atoms with Crippen molar-refractivity contribution in [1.82, 2.24) is 19.5 Å². The first-order valence-electron chi connectivity index (χ1n) is 10.2. The molecule has 1 aromatic carbocycles. The molecule has 140 valence electrons. The summed E-state index contributed by atoms with van der Waals surface area (Å²) in [7, 11) is 0. The van der Waals surface area contributed by atoms with Gasteiger partial charge >= 0.3 is 0 Å². The number of aryl methyl sites for hydroxylation is 1. The number of fused-ring (bicyclic) bond motifs is 2. The van der Waals surface area contributed by atoms with Gasteiger partial charge in [-0.3, -0.25) is 0 Å². The van der Waals surface area contributed by atoms with E-state index in [0.29, 0.717) is 0 Å². The normalized spacial score (nSPS) is 16.9. The Morgan fingerprint density at radius 2 is 1.81 bits per heavy atom. The van der Waals surface area contributed by atoms with Crippen molar-refractivity contribution in [3.05, 3.63) is 47.8 Å². The summed E-state index contributed by atoms with van der Waals surface area (Å²) in [5.41, 5.74) is 5.91. The largest absolute Gasteiger partial charge is 0.494 e. The number of aromatic nitrogens is 3. The first kappa shape index (κ1) is 16.8. The maximum atomic E-state index is 5.96. The zero-order valence-electron chi connectivity index (χ0n) is 15.7. The molecule has 1 aliphatic heterocycles. The molecule has 5 heteroatoms. The molecule has 3 heterocycles. The van der Waals surface area contributed by atoms with E-state index in [2.05, 4.69) is 34.3 Å². The minimum absolute atomic E-state index is 0.782. The smallest absolute Gasteiger partial charge is 0.155 e. The third-order valence-corrected chi connectivity index (χ3v) is 5.77. The Morgan fingerprint density at radius 1 is 0.963 bits per heavy atom. The molecule has 27 heavy (non-hydrogen) atoms. The fourth-order valence-corrected chi connectivity index (χ4v) is 4.42. The van der Waals surface area contributed by atoms with Crippen LogP contribution >= 0.6 is 0 Å². The maximum absolute atomic E-state index is 5.96. The lowest BCUT2D eigenvalue weighted by Gasteiger charge is -2.15. The molecule has 1 fully saturated rings. The highest BCUT2D eigenvalue weighted by Crippen LogP contribution is 2.32. The van der Waals surface area contributed by atoms with Crippen LogP contribution in [0.2, 0.25) is 0 Å². The van der Waals surface area contributed by atoms with E-state index in [0.717, 1.165) is 43.8 Å². The van der Waals surface area contributed by atoms with Gasteiger partial charge in [-0.2, -0.15) is 5.10 Å². The van der Waals surface area contributed by atoms with E-state index in [1.165, 1.54) is 54.9 Å². The number of nitrogens with zero attached hydrogens (tertiary/aromatic N) is 4. The van der Waals surface area contributed by atoms with E-state index in [4.69, 9.17) is 9.72 Å². The summed E-state index contributed by atoms with van der Waals surface area (Å²) in [6, 6.07) is 10.5. The molecule has 5 nitrogen and oxygen atoms in total. The van der Waals surface area contributed by atoms with E-state index in [-0.39, 0.29) is 0 Å². The highest BCUT2D eigenvalue weighted by molar-refractivity contribution is 5.68. The maximum Gasteiger partial charge on any atom is 0.155 e. The quantitative estimate of drug-likeness (QED) is 0.627. The average molecular weight is 362 g/mol. The lowest BCUT2D eigenvalue weighted by molar-refractivity contribution is 0.263. The van der Waals surface area contributed by atoms with Gasteiger partial charge in [0.15, 0.2) is 5.65 Å². The third-order valence-electron chi connectivity index (χ3n) is 5.77. The van der Waals surface area contributed by atoms with Crippen molar-refractivity contribution in [3.8, 4) is 17.0 Å². The number of likely N-dealkylation sites (tertiary alicyclic amines) is 1. The Bertz CT molecular complexity index is 925. The molecular weight excluding hydrogens is 336 g/mol. The van der Waals surface area contributed by atoms with Crippen LogP contribution in [-0.4, -0.2) is 45.7 Å². The highest BCUT2D eigenvalue weighted by Gasteiger charge is 2.21. The van der Waals surface area contributed by atoms with Gasteiger partial charge in [0.2, 0.25) is 0 Å². The molecule has 1 aliphatic carbocycles. The van der Waals surface area contributed by atoms with Crippen LogP contribution < -0.4 is 4.74 Å². The van der Waals surface area contributed by atoms with E-state index >= 15 is 0 Å². The standard InChI is InChI=1S/C22H26N4O/c1-2-14-25(13-1)15-4-16-27-18-9-7-17(8-10-18)22-19-5-3-6-20(19)24-21-11-12-23-26(21)22/h7-12H,1-6,13-16H2. The second-order valence-electron chi connectivity index (χ2n) is 7.62. The van der Waals surface area contributed by atoms with Gasteiger partial charge in [0.05, 0.1) is 18.5 Å². The minimum Gasteiger partial charge on any atom is -0.494 e. The molecule has 0 bridgehead atoms. The monoisotopic (exact) mass is 362 g/mol. The zero-order chi connectivity index (χ0) is 18.1. The van der Waals surface area contributed by atoms with Gasteiger partial charge in [0, 0.05) is 29.4 Å². The topological polar surface area (TPSA) is 42.7 Å². The first-order chi connectivity index (χ1) is 13.4. The van der Waals surface area contributed by atoms with E-state index in [1.807, 2.05) is 16.8 Å². The summed E-state index contributed by atoms with van der Waals surface area (Å²) in [5, 5.41) is 4.51. The number of ether oxygens (including phenoxy) is 1. The van der Waals surface area contributed by atoms with Gasteiger partial charge in [-0.25, -0.2) is 9.50 Å². The van der Waals surface area contributed by atoms with Gasteiger partial charge in [-0.05, 0) is 75.9 Å². The SMILES string of the molecule is c1cc2nc3c(c(-c4ccc(OCCCN5CCCC5)cc4)n2n1)CCC3. The molecule has 0 saturated carbocycles. The minimum atomic E-state index is 0.782. The Hall–Kier alpha value is -2.40. The van der Waals surface area contributed by atoms with Crippen molar-refractivity contribution < 1.29 is 4.74 Å². The molecule has 2 aromatic heterocycles. The summed E-state index contributed by atoms with van der Waals surface area (Å²) < 4.78 is 7.94. The Kier molecular flexibility index (Phi) is 4.54. The second kappa shape index (κ2) is 7.31. The fraction of sp³-hybridized carbons (Fsp3) is 0.455. The molecule has 3 aromatic rings. The molecule has 1 saturated heterocycles. The Balaban J connectivity index is 1.31. The van der Waals surface area contributed by atoms with Gasteiger partial charge < -0.3 is 9.64 Å². The van der Waals surface area contributed by atoms with E-state index in [9.17, 15) is 0 Å². The van der Waals surface area contributed by atoms with Crippen molar-refractivity contribution in [2.24, 2.45) is 0 Å². The molecule has 5 rings (SSSR count). The van der Waals surface area contributed by atoms with Gasteiger partial charge in [0.1, 0.15) is 5.75 Å². The van der Waals surface area contributed by atoms with Crippen LogP contribution in [0, 0.1) is 0 Å². The van der Waals surface area contributed by atoms with Crippen molar-refractivity contribution >= 4 is 5.65 Å². The van der Waals surface area contributed by atoms with Gasteiger partial charge in [-0.1, -0.05) is 0 Å². The summed E-state index contributed by atoms with van der Waals surface area (Å²) in [6.45, 7) is 4.45. The van der Waals surface area contributed by atoms with Crippen LogP contribution in [0.3, 0.4) is 0 Å².